The second-order valence-electron chi connectivity index (χ2n) is 9.41. The molecule has 4 heteroatoms. The maximum atomic E-state index is 15.1. The molecule has 2 aliphatic carbocycles. The van der Waals surface area contributed by atoms with E-state index in [0.717, 1.165) is 33.4 Å². The summed E-state index contributed by atoms with van der Waals surface area (Å²) in [6.07, 6.45) is 0. The van der Waals surface area contributed by atoms with Gasteiger partial charge in [-0.05, 0) is 16.7 Å². The number of hydrogen-bond donors (Lipinski definition) is 0. The van der Waals surface area contributed by atoms with E-state index < -0.39 is 16.8 Å². The number of benzene rings is 4. The minimum absolute atomic E-state index is 0.0971. The summed E-state index contributed by atoms with van der Waals surface area (Å²) in [7, 11) is 3.31. The molecule has 0 spiro atoms. The Balaban J connectivity index is 1.72. The lowest BCUT2D eigenvalue weighted by atomic mass is 9.64. The first-order chi connectivity index (χ1) is 17.7. The zero-order valence-electron chi connectivity index (χ0n) is 20.0. The van der Waals surface area contributed by atoms with E-state index in [4.69, 9.17) is 14.2 Å². The molecule has 0 saturated carbocycles. The van der Waals surface area contributed by atoms with Crippen molar-refractivity contribution in [3.8, 4) is 0 Å². The van der Waals surface area contributed by atoms with E-state index in [1.165, 1.54) is 0 Å². The SMILES string of the molecule is CO[C@]12OC(c3ccccc3)=C3c4ccccc4[C@](OC)(c4ccccc41)[C@@]32C(=O)c1ccccc1. The van der Waals surface area contributed by atoms with Crippen LogP contribution in [0.1, 0.15) is 38.2 Å². The van der Waals surface area contributed by atoms with Crippen LogP contribution in [-0.4, -0.2) is 20.0 Å². The molecule has 3 atom stereocenters. The number of ketones is 1. The van der Waals surface area contributed by atoms with Gasteiger partial charge >= 0.3 is 0 Å². The van der Waals surface area contributed by atoms with Crippen LogP contribution in [-0.2, 0) is 25.6 Å². The molecule has 0 N–H and O–H groups in total. The summed E-state index contributed by atoms with van der Waals surface area (Å²) in [6, 6.07) is 35.4. The first-order valence-corrected chi connectivity index (χ1v) is 12.1. The normalized spacial score (nSPS) is 26.8. The van der Waals surface area contributed by atoms with E-state index in [2.05, 4.69) is 12.1 Å². The fourth-order valence-electron chi connectivity index (χ4n) is 6.93. The topological polar surface area (TPSA) is 44.8 Å². The summed E-state index contributed by atoms with van der Waals surface area (Å²) in [5.74, 6) is -0.880. The molecule has 0 radical (unpaired) electrons. The number of hydrogen-bond acceptors (Lipinski definition) is 4. The fraction of sp³-hybridized carbons (Fsp3) is 0.156. The summed E-state index contributed by atoms with van der Waals surface area (Å²) < 4.78 is 20.0. The van der Waals surface area contributed by atoms with Gasteiger partial charge in [-0.3, -0.25) is 4.79 Å². The number of ether oxygens (including phenoxy) is 3. The Morgan fingerprint density at radius 3 is 1.92 bits per heavy atom. The lowest BCUT2D eigenvalue weighted by molar-refractivity contribution is -0.243. The van der Waals surface area contributed by atoms with E-state index in [1.54, 1.807) is 14.2 Å². The quantitative estimate of drug-likeness (QED) is 0.326. The highest BCUT2D eigenvalue weighted by molar-refractivity contribution is 6.19. The van der Waals surface area contributed by atoms with Gasteiger partial charge in [-0.15, -0.1) is 0 Å². The van der Waals surface area contributed by atoms with Crippen LogP contribution in [0, 0.1) is 5.41 Å². The highest BCUT2D eigenvalue weighted by atomic mass is 16.7. The zero-order valence-corrected chi connectivity index (χ0v) is 20.0. The van der Waals surface area contributed by atoms with Crippen LogP contribution in [0.15, 0.2) is 109 Å². The van der Waals surface area contributed by atoms with Gasteiger partial charge in [0.25, 0.3) is 5.79 Å². The molecule has 0 fully saturated rings. The molecule has 176 valence electrons. The van der Waals surface area contributed by atoms with Crippen molar-refractivity contribution in [1.29, 1.82) is 0 Å². The predicted octanol–water partition coefficient (Wildman–Crippen LogP) is 6.17. The molecule has 4 aromatic rings. The van der Waals surface area contributed by atoms with Crippen LogP contribution in [0.25, 0.3) is 11.3 Å². The Morgan fingerprint density at radius 2 is 1.25 bits per heavy atom. The molecule has 1 aliphatic heterocycles. The zero-order chi connectivity index (χ0) is 24.5. The number of Topliss-reactive ketones (excluding diaryl/α,β-unsaturated/α-hetero) is 1. The average Bonchev–Trinajstić information content (AvgIpc) is 3.50. The van der Waals surface area contributed by atoms with Gasteiger partial charge in [0.2, 0.25) is 0 Å². The van der Waals surface area contributed by atoms with Gasteiger partial charge in [0, 0.05) is 36.5 Å². The molecule has 0 saturated heterocycles. The molecule has 4 aromatic carbocycles. The molecule has 1 heterocycles. The van der Waals surface area contributed by atoms with Gasteiger partial charge in [-0.1, -0.05) is 109 Å². The number of carbonyl (C=O) groups is 1. The van der Waals surface area contributed by atoms with Crippen LogP contribution in [0.3, 0.4) is 0 Å². The summed E-state index contributed by atoms with van der Waals surface area (Å²) in [6.45, 7) is 0. The monoisotopic (exact) mass is 472 g/mol. The van der Waals surface area contributed by atoms with Crippen molar-refractivity contribution in [2.24, 2.45) is 5.41 Å². The van der Waals surface area contributed by atoms with Gasteiger partial charge in [-0.25, -0.2) is 0 Å². The Labute approximate surface area is 209 Å². The fourth-order valence-corrected chi connectivity index (χ4v) is 6.93. The smallest absolute Gasteiger partial charge is 0.258 e. The van der Waals surface area contributed by atoms with Gasteiger partial charge in [0.1, 0.15) is 11.4 Å². The maximum absolute atomic E-state index is 15.1. The van der Waals surface area contributed by atoms with Crippen LogP contribution in [0.2, 0.25) is 0 Å². The Morgan fingerprint density at radius 1 is 0.667 bits per heavy atom. The van der Waals surface area contributed by atoms with Crippen molar-refractivity contribution in [2.75, 3.05) is 14.2 Å². The van der Waals surface area contributed by atoms with Crippen molar-refractivity contribution in [2.45, 2.75) is 11.4 Å². The van der Waals surface area contributed by atoms with E-state index in [0.29, 0.717) is 11.3 Å². The summed E-state index contributed by atoms with van der Waals surface area (Å²) in [5, 5.41) is 0. The number of carbonyl (C=O) groups excluding carboxylic acids is 1. The van der Waals surface area contributed by atoms with E-state index in [1.807, 2.05) is 97.1 Å². The van der Waals surface area contributed by atoms with Crippen LogP contribution in [0.4, 0.5) is 0 Å². The van der Waals surface area contributed by atoms with Crippen LogP contribution in [0.5, 0.6) is 0 Å². The van der Waals surface area contributed by atoms with Gasteiger partial charge < -0.3 is 14.2 Å². The third-order valence-electron chi connectivity index (χ3n) is 8.11. The van der Waals surface area contributed by atoms with E-state index in [9.17, 15) is 0 Å². The Bertz CT molecular complexity index is 1560. The van der Waals surface area contributed by atoms with Gasteiger partial charge in [0.15, 0.2) is 11.2 Å². The molecular weight excluding hydrogens is 448 g/mol. The molecule has 4 nitrogen and oxygen atoms in total. The number of fused-ring (bicyclic) bond motifs is 6. The van der Waals surface area contributed by atoms with E-state index >= 15 is 4.79 Å². The van der Waals surface area contributed by atoms with Crippen LogP contribution < -0.4 is 0 Å². The summed E-state index contributed by atoms with van der Waals surface area (Å²) >= 11 is 0. The lowest BCUT2D eigenvalue weighted by Gasteiger charge is -2.44. The third kappa shape index (κ3) is 2.13. The minimum Gasteiger partial charge on any atom is -0.455 e. The number of rotatable bonds is 5. The highest BCUT2D eigenvalue weighted by Gasteiger charge is 2.85. The molecule has 0 amide bonds. The Kier molecular flexibility index (Phi) is 4.30. The van der Waals surface area contributed by atoms with Crippen molar-refractivity contribution in [3.05, 3.63) is 143 Å². The first-order valence-electron chi connectivity index (χ1n) is 12.1. The van der Waals surface area contributed by atoms with Gasteiger partial charge in [0.05, 0.1) is 0 Å². The largest absolute Gasteiger partial charge is 0.455 e. The first kappa shape index (κ1) is 21.3. The molecule has 36 heavy (non-hydrogen) atoms. The molecule has 0 aromatic heterocycles. The van der Waals surface area contributed by atoms with Gasteiger partial charge in [-0.2, -0.15) is 0 Å². The lowest BCUT2D eigenvalue weighted by Crippen LogP contribution is -2.56. The van der Waals surface area contributed by atoms with Crippen molar-refractivity contribution in [1.82, 2.24) is 0 Å². The summed E-state index contributed by atoms with van der Waals surface area (Å²) in [4.78, 5) is 15.1. The molecule has 0 bridgehead atoms. The maximum Gasteiger partial charge on any atom is 0.258 e. The molecule has 3 aliphatic rings. The average molecular weight is 473 g/mol. The standard InChI is InChI=1S/C32H24O4/c1-34-31-24-18-10-9-17-23(24)27-28(21-13-5-3-6-14-21)36-32(35-2,26-20-12-11-19-25(26)31)30(27,31)29(33)22-15-7-4-8-16-22/h3-20H,1-2H3/t30-,31-,32-/m0/s1. The summed E-state index contributed by atoms with van der Waals surface area (Å²) in [5.41, 5.74) is 3.35. The van der Waals surface area contributed by atoms with Crippen LogP contribution >= 0.6 is 0 Å². The second-order valence-corrected chi connectivity index (χ2v) is 9.41. The van der Waals surface area contributed by atoms with E-state index in [-0.39, 0.29) is 5.78 Å². The highest BCUT2D eigenvalue weighted by Crippen LogP contribution is 2.79. The third-order valence-corrected chi connectivity index (χ3v) is 8.11. The minimum atomic E-state index is -1.42. The molecular formula is C32H24O4. The number of methoxy groups -OCH3 is 2. The van der Waals surface area contributed by atoms with Crippen molar-refractivity contribution < 1.29 is 19.0 Å². The molecule has 7 rings (SSSR count). The predicted molar refractivity (Wildman–Crippen MR) is 137 cm³/mol. The molecule has 0 unspecified atom stereocenters. The van der Waals surface area contributed by atoms with Crippen molar-refractivity contribution >= 4 is 17.1 Å². The Hall–Kier alpha value is -3.99. The second kappa shape index (κ2) is 7.26. The van der Waals surface area contributed by atoms with Crippen molar-refractivity contribution in [3.63, 3.8) is 0 Å².